The lowest BCUT2D eigenvalue weighted by molar-refractivity contribution is -0.674. The van der Waals surface area contributed by atoms with Crippen molar-refractivity contribution in [2.24, 2.45) is 0 Å². The first-order valence-corrected chi connectivity index (χ1v) is 12.8. The van der Waals surface area contributed by atoms with Gasteiger partial charge in [-0.15, -0.1) is 4.33 Å². The molecular weight excluding hydrogens is 496 g/mol. The van der Waals surface area contributed by atoms with E-state index in [1.165, 1.54) is 18.2 Å². The van der Waals surface area contributed by atoms with E-state index in [4.69, 9.17) is 14.4 Å². The third-order valence-electron chi connectivity index (χ3n) is 5.19. The number of nitrogens with zero attached hydrogens (tertiary/aromatic N) is 2. The number of benzene rings is 2. The van der Waals surface area contributed by atoms with Crippen LogP contribution in [0.2, 0.25) is 0 Å². The smallest absolute Gasteiger partial charge is 0.374 e. The fourth-order valence-electron chi connectivity index (χ4n) is 3.67. The molecule has 1 aromatic heterocycles. The lowest BCUT2D eigenvalue weighted by Crippen LogP contribution is -2.33. The van der Waals surface area contributed by atoms with E-state index in [1.807, 2.05) is 53.7 Å². The van der Waals surface area contributed by atoms with Crippen molar-refractivity contribution in [1.82, 2.24) is 0 Å². The molecule has 3 aromatic rings. The molecular formula is C23H23N2O8S2+. The molecule has 0 atom stereocenters. The second kappa shape index (κ2) is 10.6. The van der Waals surface area contributed by atoms with Crippen LogP contribution in [0, 0.1) is 0 Å². The topological polar surface area (TPSA) is 123 Å². The van der Waals surface area contributed by atoms with Gasteiger partial charge in [0.05, 0.1) is 28.7 Å². The summed E-state index contributed by atoms with van der Waals surface area (Å²) < 4.78 is 50.5. The molecule has 0 aliphatic carbocycles. The van der Waals surface area contributed by atoms with Crippen molar-refractivity contribution < 1.29 is 41.3 Å². The Bertz CT molecular complexity index is 1430. The Morgan fingerprint density at radius 3 is 2.69 bits per heavy atom. The lowest BCUT2D eigenvalue weighted by atomic mass is 10.3. The normalized spacial score (nSPS) is 15.1. The SMILES string of the molecule is CCN1C(=CC=CC=Cc2oc3ccc(SOOO)cc3[n+]2CC)Oc2ccc(S(=O)(=O)O)cc21. The second-order valence-electron chi connectivity index (χ2n) is 7.24. The van der Waals surface area contributed by atoms with Gasteiger partial charge in [-0.25, -0.2) is 5.26 Å². The van der Waals surface area contributed by atoms with Gasteiger partial charge in [0.15, 0.2) is 5.75 Å². The maximum atomic E-state index is 11.5. The molecule has 1 aliphatic heterocycles. The molecule has 0 unspecified atom stereocenters. The molecule has 2 aromatic carbocycles. The number of aryl methyl sites for hydroxylation is 1. The zero-order valence-electron chi connectivity index (χ0n) is 18.8. The predicted molar refractivity (Wildman–Crippen MR) is 129 cm³/mol. The molecule has 184 valence electrons. The summed E-state index contributed by atoms with van der Waals surface area (Å²) in [6.45, 7) is 5.13. The highest BCUT2D eigenvalue weighted by atomic mass is 32.2. The molecule has 2 N–H and O–H groups in total. The number of fused-ring (bicyclic) bond motifs is 2. The van der Waals surface area contributed by atoms with Gasteiger partial charge in [0, 0.05) is 17.5 Å². The van der Waals surface area contributed by atoms with Gasteiger partial charge in [-0.1, -0.05) is 23.3 Å². The Hall–Kier alpha value is -3.13. The average molecular weight is 520 g/mol. The number of oxazole rings is 1. The van der Waals surface area contributed by atoms with Crippen LogP contribution in [0.4, 0.5) is 5.69 Å². The fraction of sp³-hybridized carbons (Fsp3) is 0.174. The Morgan fingerprint density at radius 1 is 1.14 bits per heavy atom. The summed E-state index contributed by atoms with van der Waals surface area (Å²) in [5.41, 5.74) is 2.13. The number of anilines is 1. The summed E-state index contributed by atoms with van der Waals surface area (Å²) >= 11 is 0.879. The maximum absolute atomic E-state index is 11.5. The minimum absolute atomic E-state index is 0.187. The Kier molecular flexibility index (Phi) is 7.60. The first kappa shape index (κ1) is 25.0. The number of rotatable bonds is 9. The van der Waals surface area contributed by atoms with Gasteiger partial charge in [0.1, 0.15) is 6.54 Å². The van der Waals surface area contributed by atoms with E-state index in [-0.39, 0.29) is 4.90 Å². The highest BCUT2D eigenvalue weighted by Gasteiger charge is 2.26. The maximum Gasteiger partial charge on any atom is 0.374 e. The van der Waals surface area contributed by atoms with Gasteiger partial charge in [-0.3, -0.25) is 4.55 Å². The van der Waals surface area contributed by atoms with Crippen molar-refractivity contribution in [3.63, 3.8) is 0 Å². The van der Waals surface area contributed by atoms with Crippen LogP contribution in [0.5, 0.6) is 5.75 Å². The monoisotopic (exact) mass is 519 g/mol. The third-order valence-corrected chi connectivity index (χ3v) is 6.62. The first-order chi connectivity index (χ1) is 16.9. The van der Waals surface area contributed by atoms with Crippen LogP contribution in [-0.2, 0) is 26.0 Å². The Morgan fingerprint density at radius 2 is 1.97 bits per heavy atom. The molecule has 4 rings (SSSR count). The first-order valence-electron chi connectivity index (χ1n) is 10.6. The second-order valence-corrected chi connectivity index (χ2v) is 9.44. The average Bonchev–Trinajstić information content (AvgIpc) is 3.37. The number of aromatic nitrogens is 1. The fourth-order valence-corrected chi connectivity index (χ4v) is 4.56. The van der Waals surface area contributed by atoms with Gasteiger partial charge in [0.2, 0.25) is 11.5 Å². The minimum atomic E-state index is -4.31. The molecule has 0 bridgehead atoms. The van der Waals surface area contributed by atoms with E-state index in [2.05, 4.69) is 9.37 Å². The summed E-state index contributed by atoms with van der Waals surface area (Å²) in [6, 6.07) is 9.66. The Balaban J connectivity index is 1.51. The number of hydrogen-bond acceptors (Lipinski definition) is 9. The van der Waals surface area contributed by atoms with Gasteiger partial charge in [-0.2, -0.15) is 13.0 Å². The molecule has 0 saturated heterocycles. The zero-order valence-corrected chi connectivity index (χ0v) is 20.5. The van der Waals surface area contributed by atoms with Crippen molar-refractivity contribution in [2.75, 3.05) is 11.4 Å². The summed E-state index contributed by atoms with van der Waals surface area (Å²) in [5.74, 6) is 1.69. The van der Waals surface area contributed by atoms with Gasteiger partial charge >= 0.3 is 5.89 Å². The quantitative estimate of drug-likeness (QED) is 0.102. The summed E-state index contributed by atoms with van der Waals surface area (Å²) in [7, 11) is -4.31. The van der Waals surface area contributed by atoms with E-state index >= 15 is 0 Å². The van der Waals surface area contributed by atoms with E-state index in [9.17, 15) is 13.0 Å². The van der Waals surface area contributed by atoms with Crippen LogP contribution in [0.25, 0.3) is 17.2 Å². The van der Waals surface area contributed by atoms with E-state index in [0.29, 0.717) is 41.9 Å². The van der Waals surface area contributed by atoms with Crippen LogP contribution >= 0.6 is 12.0 Å². The van der Waals surface area contributed by atoms with E-state index in [0.717, 1.165) is 22.5 Å². The van der Waals surface area contributed by atoms with Crippen LogP contribution in [0.15, 0.2) is 80.8 Å². The van der Waals surface area contributed by atoms with E-state index in [1.54, 1.807) is 18.2 Å². The summed E-state index contributed by atoms with van der Waals surface area (Å²) in [5, 5.41) is 12.0. The van der Waals surface area contributed by atoms with Crippen molar-refractivity contribution in [2.45, 2.75) is 30.2 Å². The molecule has 0 amide bonds. The standard InChI is InChI=1S/C23H22N2O8S2/c1-3-24-18-14-16(34-33-32-26)10-12-20(18)30-22(24)8-6-5-7-9-23-25(4-2)19-15-17(35(27,28)29)11-13-21(19)31-23/h5-15H,3-4H2,1-2H3,(H-,26,27,28,29)/p+1. The van der Waals surface area contributed by atoms with Crippen molar-refractivity contribution in [1.29, 1.82) is 0 Å². The molecule has 10 nitrogen and oxygen atoms in total. The number of ether oxygens (including phenoxy) is 1. The van der Waals surface area contributed by atoms with Gasteiger partial charge in [0.25, 0.3) is 15.6 Å². The van der Waals surface area contributed by atoms with Crippen molar-refractivity contribution in [3.05, 3.63) is 72.5 Å². The van der Waals surface area contributed by atoms with Crippen LogP contribution in [0.1, 0.15) is 19.7 Å². The largest absolute Gasteiger partial charge is 0.439 e. The van der Waals surface area contributed by atoms with Gasteiger partial charge in [-0.05, 0) is 50.3 Å². The highest BCUT2D eigenvalue weighted by molar-refractivity contribution is 7.94. The molecule has 0 spiro atoms. The minimum Gasteiger partial charge on any atom is -0.439 e. The molecule has 1 aliphatic rings. The summed E-state index contributed by atoms with van der Waals surface area (Å²) in [4.78, 5) is 2.36. The molecule has 2 heterocycles. The summed E-state index contributed by atoms with van der Waals surface area (Å²) in [6.07, 6.45) is 9.04. The third kappa shape index (κ3) is 5.42. The molecule has 35 heavy (non-hydrogen) atoms. The van der Waals surface area contributed by atoms with Gasteiger partial charge < -0.3 is 14.1 Å². The Labute approximate surface area is 206 Å². The molecule has 0 radical (unpaired) electrons. The zero-order chi connectivity index (χ0) is 25.0. The van der Waals surface area contributed by atoms with Crippen LogP contribution in [0.3, 0.4) is 0 Å². The predicted octanol–water partition coefficient (Wildman–Crippen LogP) is 4.74. The number of hydrogen-bond donors (Lipinski definition) is 2. The molecule has 12 heteroatoms. The van der Waals surface area contributed by atoms with E-state index < -0.39 is 10.1 Å². The van der Waals surface area contributed by atoms with Crippen molar-refractivity contribution in [3.8, 4) is 5.75 Å². The lowest BCUT2D eigenvalue weighted by Gasteiger charge is -2.15. The highest BCUT2D eigenvalue weighted by Crippen LogP contribution is 2.40. The number of allylic oxidation sites excluding steroid dienone is 4. The van der Waals surface area contributed by atoms with Crippen LogP contribution < -0.4 is 14.2 Å². The van der Waals surface area contributed by atoms with Crippen molar-refractivity contribution >= 4 is 45.0 Å². The molecule has 0 fully saturated rings. The van der Waals surface area contributed by atoms with Crippen LogP contribution in [-0.4, -0.2) is 24.8 Å². The molecule has 0 saturated carbocycles.